The highest BCUT2D eigenvalue weighted by Crippen LogP contribution is 2.17. The van der Waals surface area contributed by atoms with Gasteiger partial charge >= 0.3 is 0 Å². The first-order valence-electron chi connectivity index (χ1n) is 6.07. The Balaban J connectivity index is 2.46. The Labute approximate surface area is 93.0 Å². The molecule has 3 unspecified atom stereocenters. The van der Waals surface area contributed by atoms with Crippen LogP contribution in [0.25, 0.3) is 0 Å². The van der Waals surface area contributed by atoms with Gasteiger partial charge in [0.15, 0.2) is 0 Å². The van der Waals surface area contributed by atoms with Crippen LogP contribution in [0.15, 0.2) is 0 Å². The summed E-state index contributed by atoms with van der Waals surface area (Å²) in [5.41, 5.74) is 0. The van der Waals surface area contributed by atoms with Crippen LogP contribution in [0.1, 0.15) is 34.1 Å². The summed E-state index contributed by atoms with van der Waals surface area (Å²) in [5.74, 6) is 1.38. The standard InChI is InChI=1S/C12H24N2O/c1-5-11(8(2)3)14-12(15)10-7-13-6-9(10)4/h8-11,13H,5-7H2,1-4H3,(H,14,15). The van der Waals surface area contributed by atoms with E-state index in [0.717, 1.165) is 19.5 Å². The molecule has 1 aliphatic rings. The Morgan fingerprint density at radius 1 is 1.47 bits per heavy atom. The Kier molecular flexibility index (Phi) is 4.58. The fourth-order valence-electron chi connectivity index (χ4n) is 2.19. The normalized spacial score (nSPS) is 28.1. The van der Waals surface area contributed by atoms with Gasteiger partial charge in [0.2, 0.25) is 5.91 Å². The van der Waals surface area contributed by atoms with Crippen LogP contribution in [0, 0.1) is 17.8 Å². The van der Waals surface area contributed by atoms with Crippen molar-refractivity contribution in [3.05, 3.63) is 0 Å². The molecule has 1 amide bonds. The van der Waals surface area contributed by atoms with Crippen molar-refractivity contribution in [3.63, 3.8) is 0 Å². The third-order valence-electron chi connectivity index (χ3n) is 3.43. The first-order valence-corrected chi connectivity index (χ1v) is 6.07. The summed E-state index contributed by atoms with van der Waals surface area (Å²) in [6.45, 7) is 10.4. The van der Waals surface area contributed by atoms with Crippen LogP contribution in [-0.4, -0.2) is 25.0 Å². The van der Waals surface area contributed by atoms with Gasteiger partial charge in [0.1, 0.15) is 0 Å². The van der Waals surface area contributed by atoms with Gasteiger partial charge in [0, 0.05) is 12.6 Å². The zero-order valence-electron chi connectivity index (χ0n) is 10.3. The van der Waals surface area contributed by atoms with Crippen LogP contribution >= 0.6 is 0 Å². The Hall–Kier alpha value is -0.570. The Morgan fingerprint density at radius 2 is 2.13 bits per heavy atom. The van der Waals surface area contributed by atoms with Gasteiger partial charge in [-0.1, -0.05) is 27.7 Å². The van der Waals surface area contributed by atoms with Crippen LogP contribution in [0.2, 0.25) is 0 Å². The molecule has 2 N–H and O–H groups in total. The minimum absolute atomic E-state index is 0.165. The molecule has 0 bridgehead atoms. The number of rotatable bonds is 4. The maximum absolute atomic E-state index is 12.0. The van der Waals surface area contributed by atoms with Gasteiger partial charge in [-0.15, -0.1) is 0 Å². The predicted octanol–water partition coefficient (Wildman–Crippen LogP) is 1.39. The zero-order chi connectivity index (χ0) is 11.4. The van der Waals surface area contributed by atoms with E-state index < -0.39 is 0 Å². The molecule has 3 atom stereocenters. The molecule has 0 saturated carbocycles. The number of nitrogens with one attached hydrogen (secondary N) is 2. The number of hydrogen-bond acceptors (Lipinski definition) is 2. The third-order valence-corrected chi connectivity index (χ3v) is 3.43. The molecule has 0 aliphatic carbocycles. The van der Waals surface area contributed by atoms with Gasteiger partial charge in [-0.2, -0.15) is 0 Å². The first-order chi connectivity index (χ1) is 7.06. The minimum atomic E-state index is 0.165. The topological polar surface area (TPSA) is 41.1 Å². The molecular formula is C12H24N2O. The molecule has 88 valence electrons. The molecule has 1 aliphatic heterocycles. The first kappa shape index (κ1) is 12.5. The summed E-state index contributed by atoms with van der Waals surface area (Å²) in [7, 11) is 0. The summed E-state index contributed by atoms with van der Waals surface area (Å²) < 4.78 is 0. The van der Waals surface area contributed by atoms with Gasteiger partial charge < -0.3 is 10.6 Å². The molecular weight excluding hydrogens is 188 g/mol. The van der Waals surface area contributed by atoms with E-state index in [9.17, 15) is 4.79 Å². The average molecular weight is 212 g/mol. The van der Waals surface area contributed by atoms with Crippen molar-refractivity contribution >= 4 is 5.91 Å². The highest BCUT2D eigenvalue weighted by molar-refractivity contribution is 5.79. The van der Waals surface area contributed by atoms with E-state index in [1.165, 1.54) is 0 Å². The maximum atomic E-state index is 12.0. The lowest BCUT2D eigenvalue weighted by atomic mass is 9.95. The highest BCUT2D eigenvalue weighted by Gasteiger charge is 2.30. The van der Waals surface area contributed by atoms with Gasteiger partial charge in [0.25, 0.3) is 0 Å². The molecule has 3 nitrogen and oxygen atoms in total. The van der Waals surface area contributed by atoms with E-state index in [2.05, 4.69) is 38.3 Å². The fraction of sp³-hybridized carbons (Fsp3) is 0.917. The Bertz CT molecular complexity index is 216. The summed E-state index contributed by atoms with van der Waals surface area (Å²) in [5, 5.41) is 6.42. The molecule has 1 heterocycles. The lowest BCUT2D eigenvalue weighted by Crippen LogP contribution is -2.43. The zero-order valence-corrected chi connectivity index (χ0v) is 10.3. The lowest BCUT2D eigenvalue weighted by Gasteiger charge is -2.23. The predicted molar refractivity (Wildman–Crippen MR) is 62.6 cm³/mol. The van der Waals surface area contributed by atoms with Crippen molar-refractivity contribution in [3.8, 4) is 0 Å². The SMILES string of the molecule is CCC(NC(=O)C1CNCC1C)C(C)C. The second-order valence-electron chi connectivity index (χ2n) is 5.01. The van der Waals surface area contributed by atoms with E-state index in [-0.39, 0.29) is 11.8 Å². The van der Waals surface area contributed by atoms with Gasteiger partial charge in [0.05, 0.1) is 5.92 Å². The molecule has 0 radical (unpaired) electrons. The number of amides is 1. The van der Waals surface area contributed by atoms with Gasteiger partial charge in [-0.25, -0.2) is 0 Å². The number of carbonyl (C=O) groups is 1. The molecule has 1 fully saturated rings. The van der Waals surface area contributed by atoms with Crippen molar-refractivity contribution in [2.75, 3.05) is 13.1 Å². The smallest absolute Gasteiger partial charge is 0.224 e. The summed E-state index contributed by atoms with van der Waals surface area (Å²) in [6, 6.07) is 0.324. The maximum Gasteiger partial charge on any atom is 0.224 e. The monoisotopic (exact) mass is 212 g/mol. The van der Waals surface area contributed by atoms with Crippen molar-refractivity contribution in [2.45, 2.75) is 40.2 Å². The van der Waals surface area contributed by atoms with Crippen LogP contribution in [0.3, 0.4) is 0 Å². The molecule has 0 spiro atoms. The van der Waals surface area contributed by atoms with Crippen molar-refractivity contribution < 1.29 is 4.79 Å². The molecule has 15 heavy (non-hydrogen) atoms. The number of hydrogen-bond donors (Lipinski definition) is 2. The molecule has 1 saturated heterocycles. The van der Waals surface area contributed by atoms with Crippen molar-refractivity contribution in [1.29, 1.82) is 0 Å². The van der Waals surface area contributed by atoms with E-state index >= 15 is 0 Å². The number of carbonyl (C=O) groups excluding carboxylic acids is 1. The molecule has 0 aromatic heterocycles. The molecule has 0 aromatic carbocycles. The molecule has 0 aromatic rings. The van der Waals surface area contributed by atoms with Crippen molar-refractivity contribution in [2.24, 2.45) is 17.8 Å². The van der Waals surface area contributed by atoms with Crippen LogP contribution in [0.5, 0.6) is 0 Å². The quantitative estimate of drug-likeness (QED) is 0.739. The third kappa shape index (κ3) is 3.20. The highest BCUT2D eigenvalue weighted by atomic mass is 16.2. The fourth-order valence-corrected chi connectivity index (χ4v) is 2.19. The van der Waals surface area contributed by atoms with Gasteiger partial charge in [-0.3, -0.25) is 4.79 Å². The summed E-state index contributed by atoms with van der Waals surface area (Å²) >= 11 is 0. The molecule has 1 rings (SSSR count). The van der Waals surface area contributed by atoms with Crippen LogP contribution in [-0.2, 0) is 4.79 Å². The second-order valence-corrected chi connectivity index (χ2v) is 5.01. The van der Waals surface area contributed by atoms with Crippen LogP contribution in [0.4, 0.5) is 0 Å². The second kappa shape index (κ2) is 5.50. The van der Waals surface area contributed by atoms with E-state index in [1.807, 2.05) is 0 Å². The lowest BCUT2D eigenvalue weighted by molar-refractivity contribution is -0.126. The van der Waals surface area contributed by atoms with E-state index in [1.54, 1.807) is 0 Å². The van der Waals surface area contributed by atoms with Crippen molar-refractivity contribution in [1.82, 2.24) is 10.6 Å². The minimum Gasteiger partial charge on any atom is -0.353 e. The largest absolute Gasteiger partial charge is 0.353 e. The van der Waals surface area contributed by atoms with Gasteiger partial charge in [-0.05, 0) is 24.8 Å². The van der Waals surface area contributed by atoms with Crippen LogP contribution < -0.4 is 10.6 Å². The summed E-state index contributed by atoms with van der Waals surface area (Å²) in [4.78, 5) is 12.0. The summed E-state index contributed by atoms with van der Waals surface area (Å²) in [6.07, 6.45) is 1.01. The average Bonchev–Trinajstić information content (AvgIpc) is 2.60. The Morgan fingerprint density at radius 3 is 2.53 bits per heavy atom. The van der Waals surface area contributed by atoms with E-state index in [4.69, 9.17) is 0 Å². The van der Waals surface area contributed by atoms with E-state index in [0.29, 0.717) is 17.9 Å². The molecule has 3 heteroatoms.